The molecule has 0 unspecified atom stereocenters. The Bertz CT molecular complexity index is 1030. The lowest BCUT2D eigenvalue weighted by Gasteiger charge is -2.20. The molecule has 0 N–H and O–H groups in total. The van der Waals surface area contributed by atoms with Gasteiger partial charge in [0.25, 0.3) is 0 Å². The van der Waals surface area contributed by atoms with E-state index in [1.165, 1.54) is 24.1 Å². The third-order valence-electron chi connectivity index (χ3n) is 5.47. The minimum Gasteiger partial charge on any atom is -0.372 e. The number of aryl methyl sites for hydroxylation is 2. The molecule has 0 fully saturated rings. The van der Waals surface area contributed by atoms with E-state index in [1.54, 1.807) is 0 Å². The van der Waals surface area contributed by atoms with Crippen LogP contribution in [-0.4, -0.2) is 13.1 Å². The lowest BCUT2D eigenvalue weighted by atomic mass is 10.1. The van der Waals surface area contributed by atoms with Gasteiger partial charge in [-0.3, -0.25) is 0 Å². The van der Waals surface area contributed by atoms with Crippen molar-refractivity contribution >= 4 is 28.4 Å². The predicted octanol–water partition coefficient (Wildman–Crippen LogP) is 9.01. The van der Waals surface area contributed by atoms with Gasteiger partial charge in [0.2, 0.25) is 0 Å². The van der Waals surface area contributed by atoms with Gasteiger partial charge < -0.3 is 4.90 Å². The molecule has 0 saturated carbocycles. The fourth-order valence-electron chi connectivity index (χ4n) is 3.47. The Morgan fingerprint density at radius 1 is 0.656 bits per heavy atom. The quantitative estimate of drug-likeness (QED) is 0.298. The number of hydrogen-bond donors (Lipinski definition) is 0. The van der Waals surface area contributed by atoms with Crippen LogP contribution in [0.5, 0.6) is 0 Å². The summed E-state index contributed by atoms with van der Waals surface area (Å²) in [4.78, 5) is 2.30. The molecule has 0 spiro atoms. The van der Waals surface area contributed by atoms with E-state index in [9.17, 15) is 0 Å². The van der Waals surface area contributed by atoms with Crippen LogP contribution in [0.3, 0.4) is 0 Å². The zero-order valence-electron chi connectivity index (χ0n) is 19.6. The number of nitrogens with zero attached hydrogens (tertiary/aromatic N) is 5. The fraction of sp³-hybridized carbons (Fsp3) is 0.333. The Balaban J connectivity index is 1.64. The predicted molar refractivity (Wildman–Crippen MR) is 135 cm³/mol. The summed E-state index contributed by atoms with van der Waals surface area (Å²) in [6.45, 7) is 10.5. The van der Waals surface area contributed by atoms with Crippen molar-refractivity contribution in [2.45, 2.75) is 47.0 Å². The second-order valence-corrected chi connectivity index (χ2v) is 7.83. The van der Waals surface area contributed by atoms with Crippen LogP contribution in [0, 0.1) is 6.92 Å². The Morgan fingerprint density at radius 2 is 1.22 bits per heavy atom. The van der Waals surface area contributed by atoms with Crippen LogP contribution >= 0.6 is 0 Å². The first kappa shape index (κ1) is 23.3. The van der Waals surface area contributed by atoms with E-state index < -0.39 is 0 Å². The summed E-state index contributed by atoms with van der Waals surface area (Å²) in [5, 5.41) is 17.6. The summed E-state index contributed by atoms with van der Waals surface area (Å²) in [7, 11) is 0. The summed E-state index contributed by atoms with van der Waals surface area (Å²) < 4.78 is 0. The highest BCUT2D eigenvalue weighted by Gasteiger charge is 2.02. The highest BCUT2D eigenvalue weighted by atomic mass is 15.1. The first-order valence-electron chi connectivity index (χ1n) is 11.5. The molecule has 166 valence electrons. The summed E-state index contributed by atoms with van der Waals surface area (Å²) in [6.07, 6.45) is 3.54. The van der Waals surface area contributed by atoms with Crippen molar-refractivity contribution in [2.24, 2.45) is 20.5 Å². The maximum Gasteiger partial charge on any atom is 0.0887 e. The molecule has 0 aliphatic rings. The maximum absolute atomic E-state index is 4.42. The number of rotatable bonds is 10. The molecule has 5 nitrogen and oxygen atoms in total. The van der Waals surface area contributed by atoms with Crippen molar-refractivity contribution in [3.63, 3.8) is 0 Å². The van der Waals surface area contributed by atoms with E-state index in [-0.39, 0.29) is 0 Å². The van der Waals surface area contributed by atoms with E-state index in [2.05, 4.69) is 70.4 Å². The lowest BCUT2D eigenvalue weighted by molar-refractivity contribution is 0.795. The topological polar surface area (TPSA) is 52.7 Å². The number of anilines is 1. The smallest absolute Gasteiger partial charge is 0.0887 e. The molecule has 0 bridgehead atoms. The van der Waals surface area contributed by atoms with Crippen LogP contribution in [-0.2, 0) is 6.42 Å². The maximum atomic E-state index is 4.42. The lowest BCUT2D eigenvalue weighted by Crippen LogP contribution is -2.21. The molecule has 0 aliphatic carbocycles. The van der Waals surface area contributed by atoms with Gasteiger partial charge >= 0.3 is 0 Å². The zero-order valence-corrected chi connectivity index (χ0v) is 19.6. The van der Waals surface area contributed by atoms with Gasteiger partial charge in [0.15, 0.2) is 0 Å². The van der Waals surface area contributed by atoms with Gasteiger partial charge in [-0.05, 0) is 99.3 Å². The second kappa shape index (κ2) is 11.9. The van der Waals surface area contributed by atoms with Crippen LogP contribution in [0.15, 0.2) is 87.2 Å². The molecule has 0 saturated heterocycles. The Morgan fingerprint density at radius 3 is 1.81 bits per heavy atom. The molecule has 0 aromatic heterocycles. The molecule has 5 heteroatoms. The van der Waals surface area contributed by atoms with Crippen molar-refractivity contribution < 1.29 is 0 Å². The van der Waals surface area contributed by atoms with E-state index in [0.29, 0.717) is 0 Å². The van der Waals surface area contributed by atoms with E-state index in [0.717, 1.165) is 47.8 Å². The zero-order chi connectivity index (χ0) is 22.8. The molecule has 0 heterocycles. The van der Waals surface area contributed by atoms with E-state index in [4.69, 9.17) is 0 Å². The Kier molecular flexibility index (Phi) is 8.67. The standard InChI is InChI=1S/C27H33N5/c1-5-8-9-22-10-12-23(13-11-22)29-31-27-19-16-25(20-21(27)4)30-28-24-14-17-26(18-15-24)32(6-2)7-3/h10-20H,5-9H2,1-4H3. The van der Waals surface area contributed by atoms with Crippen molar-refractivity contribution in [3.05, 3.63) is 77.9 Å². The second-order valence-electron chi connectivity index (χ2n) is 7.83. The average molecular weight is 428 g/mol. The largest absolute Gasteiger partial charge is 0.372 e. The summed E-state index contributed by atoms with van der Waals surface area (Å²) in [6, 6.07) is 22.3. The SMILES string of the molecule is CCCCc1ccc(N=Nc2ccc(N=Nc3ccc(N(CC)CC)cc3)cc2C)cc1. The van der Waals surface area contributed by atoms with Crippen molar-refractivity contribution in [1.29, 1.82) is 0 Å². The number of hydrogen-bond acceptors (Lipinski definition) is 5. The molecular formula is C27H33N5. The normalized spacial score (nSPS) is 11.5. The minimum absolute atomic E-state index is 0.801. The van der Waals surface area contributed by atoms with Gasteiger partial charge in [0.1, 0.15) is 0 Å². The van der Waals surface area contributed by atoms with Crippen molar-refractivity contribution in [1.82, 2.24) is 0 Å². The van der Waals surface area contributed by atoms with Crippen molar-refractivity contribution in [3.8, 4) is 0 Å². The molecule has 3 aromatic rings. The molecule has 0 amide bonds. The summed E-state index contributed by atoms with van der Waals surface area (Å²) in [5.41, 5.74) is 6.90. The molecule has 0 atom stereocenters. The van der Waals surface area contributed by atoms with Crippen molar-refractivity contribution in [2.75, 3.05) is 18.0 Å². The molecule has 32 heavy (non-hydrogen) atoms. The minimum atomic E-state index is 0.801. The third-order valence-corrected chi connectivity index (χ3v) is 5.47. The number of unbranched alkanes of at least 4 members (excludes halogenated alkanes) is 1. The van der Waals surface area contributed by atoms with Gasteiger partial charge in [-0.25, -0.2) is 0 Å². The van der Waals surface area contributed by atoms with Crippen LogP contribution in [0.1, 0.15) is 44.7 Å². The third kappa shape index (κ3) is 6.58. The highest BCUT2D eigenvalue weighted by molar-refractivity contribution is 5.55. The van der Waals surface area contributed by atoms with Crippen LogP contribution < -0.4 is 4.90 Å². The molecule has 3 aromatic carbocycles. The molecule has 0 aliphatic heterocycles. The van der Waals surface area contributed by atoms with E-state index in [1.807, 2.05) is 49.4 Å². The average Bonchev–Trinajstić information content (AvgIpc) is 2.83. The van der Waals surface area contributed by atoms with Crippen LogP contribution in [0.2, 0.25) is 0 Å². The number of azo groups is 2. The molecular weight excluding hydrogens is 394 g/mol. The van der Waals surface area contributed by atoms with Gasteiger partial charge in [-0.2, -0.15) is 20.5 Å². The van der Waals surface area contributed by atoms with E-state index >= 15 is 0 Å². The summed E-state index contributed by atoms with van der Waals surface area (Å²) in [5.74, 6) is 0. The number of benzene rings is 3. The molecule has 0 radical (unpaired) electrons. The Labute approximate surface area is 191 Å². The monoisotopic (exact) mass is 427 g/mol. The molecule has 3 rings (SSSR count). The van der Waals surface area contributed by atoms with Gasteiger partial charge in [-0.1, -0.05) is 25.5 Å². The first-order chi connectivity index (χ1) is 15.6. The van der Waals surface area contributed by atoms with Gasteiger partial charge in [-0.15, -0.1) is 0 Å². The van der Waals surface area contributed by atoms with Crippen LogP contribution in [0.25, 0.3) is 0 Å². The van der Waals surface area contributed by atoms with Gasteiger partial charge in [0, 0.05) is 18.8 Å². The first-order valence-corrected chi connectivity index (χ1v) is 11.5. The van der Waals surface area contributed by atoms with Gasteiger partial charge in [0.05, 0.1) is 22.7 Å². The fourth-order valence-corrected chi connectivity index (χ4v) is 3.47. The summed E-state index contributed by atoms with van der Waals surface area (Å²) >= 11 is 0. The Hall–Kier alpha value is -3.34. The van der Waals surface area contributed by atoms with Crippen LogP contribution in [0.4, 0.5) is 28.4 Å². The highest BCUT2D eigenvalue weighted by Crippen LogP contribution is 2.28.